The summed E-state index contributed by atoms with van der Waals surface area (Å²) in [6.45, 7) is 6.86. The number of aryl methyl sites for hydroxylation is 1. The quantitative estimate of drug-likeness (QED) is 0.290. The Kier molecular flexibility index (Phi) is 7.46. The molecule has 0 atom stereocenters. The van der Waals surface area contributed by atoms with Crippen LogP contribution in [0.1, 0.15) is 52.8 Å². The summed E-state index contributed by atoms with van der Waals surface area (Å²) in [7, 11) is 1.63. The van der Waals surface area contributed by atoms with Gasteiger partial charge in [-0.15, -0.1) is 0 Å². The van der Waals surface area contributed by atoms with Gasteiger partial charge in [0.1, 0.15) is 23.9 Å². The minimum absolute atomic E-state index is 0.195. The molecule has 0 aliphatic rings. The van der Waals surface area contributed by atoms with E-state index in [4.69, 9.17) is 25.5 Å². The van der Waals surface area contributed by atoms with E-state index in [0.717, 1.165) is 28.2 Å². The van der Waals surface area contributed by atoms with Crippen LogP contribution in [0.15, 0.2) is 65.3 Å². The highest BCUT2D eigenvalue weighted by Crippen LogP contribution is 2.32. The van der Waals surface area contributed by atoms with Crippen molar-refractivity contribution in [2.45, 2.75) is 39.8 Å². The number of halogens is 1. The second-order valence-electron chi connectivity index (χ2n) is 8.58. The Labute approximate surface area is 209 Å². The Morgan fingerprint density at radius 3 is 2.80 bits per heavy atom. The second-order valence-corrected chi connectivity index (χ2v) is 8.99. The average Bonchev–Trinajstić information content (AvgIpc) is 3.49. The lowest BCUT2D eigenvalue weighted by atomic mass is 10.0. The van der Waals surface area contributed by atoms with Crippen molar-refractivity contribution in [1.82, 2.24) is 9.78 Å². The highest BCUT2D eigenvalue weighted by molar-refractivity contribution is 6.31. The average molecular weight is 494 g/mol. The zero-order valence-corrected chi connectivity index (χ0v) is 20.9. The van der Waals surface area contributed by atoms with Gasteiger partial charge in [-0.1, -0.05) is 37.6 Å². The first-order valence-corrected chi connectivity index (χ1v) is 11.7. The van der Waals surface area contributed by atoms with E-state index >= 15 is 0 Å². The van der Waals surface area contributed by atoms with Gasteiger partial charge in [0.25, 0.3) is 5.91 Å². The van der Waals surface area contributed by atoms with E-state index < -0.39 is 0 Å². The third-order valence-electron chi connectivity index (χ3n) is 5.54. The number of amides is 1. The van der Waals surface area contributed by atoms with Crippen molar-refractivity contribution in [2.75, 3.05) is 12.4 Å². The van der Waals surface area contributed by atoms with Gasteiger partial charge in [-0.05, 0) is 65.9 Å². The molecule has 35 heavy (non-hydrogen) atoms. The van der Waals surface area contributed by atoms with Gasteiger partial charge in [-0.2, -0.15) is 5.10 Å². The van der Waals surface area contributed by atoms with E-state index in [1.807, 2.05) is 43.3 Å². The monoisotopic (exact) mass is 493 g/mol. The van der Waals surface area contributed by atoms with Crippen molar-refractivity contribution in [3.8, 4) is 11.5 Å². The van der Waals surface area contributed by atoms with E-state index in [2.05, 4.69) is 24.3 Å². The van der Waals surface area contributed by atoms with Crippen molar-refractivity contribution in [2.24, 2.45) is 0 Å². The smallest absolute Gasteiger partial charge is 0.291 e. The molecule has 8 heteroatoms. The van der Waals surface area contributed by atoms with E-state index in [1.165, 1.54) is 0 Å². The zero-order valence-electron chi connectivity index (χ0n) is 20.2. The Morgan fingerprint density at radius 1 is 1.20 bits per heavy atom. The molecule has 2 heterocycles. The number of carbonyl (C=O) groups is 1. The molecular formula is C27H28ClN3O4. The number of furan rings is 1. The Bertz CT molecular complexity index is 1330. The fourth-order valence-corrected chi connectivity index (χ4v) is 3.81. The lowest BCUT2D eigenvalue weighted by molar-refractivity contribution is 0.0992. The van der Waals surface area contributed by atoms with Crippen LogP contribution in [0.3, 0.4) is 0 Å². The van der Waals surface area contributed by atoms with Crippen molar-refractivity contribution in [3.05, 3.63) is 94.2 Å². The number of nitrogens with one attached hydrogen (secondary N) is 1. The minimum Gasteiger partial charge on any atom is -0.497 e. The molecule has 0 spiro atoms. The van der Waals surface area contributed by atoms with E-state index in [0.29, 0.717) is 23.0 Å². The molecule has 7 nitrogen and oxygen atoms in total. The SMILES string of the molecule is COc1cccc(Cn2cc(NC(=O)c3ccc(COc4cc(C)c(Cl)cc4C(C)C)o3)cn2)c1. The number of ether oxygens (including phenoxy) is 2. The van der Waals surface area contributed by atoms with Gasteiger partial charge in [0.2, 0.25) is 0 Å². The number of methoxy groups -OCH3 is 1. The predicted octanol–water partition coefficient (Wildman–Crippen LogP) is 6.45. The first kappa shape index (κ1) is 24.4. The van der Waals surface area contributed by atoms with E-state index in [9.17, 15) is 4.79 Å². The van der Waals surface area contributed by atoms with Crippen LogP contribution in [-0.4, -0.2) is 22.8 Å². The Hall–Kier alpha value is -3.71. The number of rotatable bonds is 9. The van der Waals surface area contributed by atoms with E-state index in [-0.39, 0.29) is 24.2 Å². The molecule has 4 aromatic rings. The Morgan fingerprint density at radius 2 is 2.03 bits per heavy atom. The summed E-state index contributed by atoms with van der Waals surface area (Å²) in [5, 5.41) is 7.85. The molecule has 0 saturated carbocycles. The number of nitrogens with zero attached hydrogens (tertiary/aromatic N) is 2. The molecule has 4 rings (SSSR count). The third kappa shape index (κ3) is 6.05. The summed E-state index contributed by atoms with van der Waals surface area (Å²) in [6, 6.07) is 15.0. The van der Waals surface area contributed by atoms with Gasteiger partial charge in [-0.3, -0.25) is 9.48 Å². The van der Waals surface area contributed by atoms with Crippen molar-refractivity contribution in [3.63, 3.8) is 0 Å². The molecule has 2 aromatic carbocycles. The first-order chi connectivity index (χ1) is 16.8. The topological polar surface area (TPSA) is 78.5 Å². The summed E-state index contributed by atoms with van der Waals surface area (Å²) in [4.78, 5) is 12.7. The molecule has 0 radical (unpaired) electrons. The number of hydrogen-bond donors (Lipinski definition) is 1. The van der Waals surface area contributed by atoms with Gasteiger partial charge in [-0.25, -0.2) is 0 Å². The zero-order chi connectivity index (χ0) is 24.9. The summed E-state index contributed by atoms with van der Waals surface area (Å²) in [6.07, 6.45) is 3.36. The summed E-state index contributed by atoms with van der Waals surface area (Å²) in [5.74, 6) is 2.18. The fourth-order valence-electron chi connectivity index (χ4n) is 3.64. The number of benzene rings is 2. The van der Waals surface area contributed by atoms with Crippen molar-refractivity contribution < 1.29 is 18.7 Å². The van der Waals surface area contributed by atoms with Crippen molar-refractivity contribution in [1.29, 1.82) is 0 Å². The normalized spacial score (nSPS) is 11.0. The predicted molar refractivity (Wildman–Crippen MR) is 136 cm³/mol. The van der Waals surface area contributed by atoms with Crippen LogP contribution in [0.25, 0.3) is 0 Å². The van der Waals surface area contributed by atoms with Gasteiger partial charge < -0.3 is 19.2 Å². The van der Waals surface area contributed by atoms with Gasteiger partial charge >= 0.3 is 0 Å². The van der Waals surface area contributed by atoms with Crippen LogP contribution in [0.5, 0.6) is 11.5 Å². The number of aromatic nitrogens is 2. The van der Waals surface area contributed by atoms with Crippen LogP contribution < -0.4 is 14.8 Å². The maximum absolute atomic E-state index is 12.7. The van der Waals surface area contributed by atoms with Gasteiger partial charge in [0.15, 0.2) is 5.76 Å². The number of hydrogen-bond acceptors (Lipinski definition) is 5. The third-order valence-corrected chi connectivity index (χ3v) is 5.95. The Balaban J connectivity index is 1.36. The van der Waals surface area contributed by atoms with Crippen LogP contribution >= 0.6 is 11.6 Å². The first-order valence-electron chi connectivity index (χ1n) is 11.3. The number of anilines is 1. The molecule has 0 unspecified atom stereocenters. The minimum atomic E-state index is -0.359. The molecule has 1 amide bonds. The largest absolute Gasteiger partial charge is 0.497 e. The molecular weight excluding hydrogens is 466 g/mol. The molecule has 1 N–H and O–H groups in total. The lowest BCUT2D eigenvalue weighted by Crippen LogP contribution is -2.10. The molecule has 0 aliphatic heterocycles. The summed E-state index contributed by atoms with van der Waals surface area (Å²) < 4.78 is 18.7. The van der Waals surface area contributed by atoms with E-state index in [1.54, 1.807) is 36.3 Å². The van der Waals surface area contributed by atoms with Crippen LogP contribution in [-0.2, 0) is 13.2 Å². The molecule has 0 saturated heterocycles. The van der Waals surface area contributed by atoms with Crippen molar-refractivity contribution >= 4 is 23.2 Å². The van der Waals surface area contributed by atoms with Gasteiger partial charge in [0, 0.05) is 11.2 Å². The standard InChI is InChI=1S/C27H28ClN3O4/c1-17(2)23-12-24(28)18(3)10-26(23)34-16-22-8-9-25(35-22)27(32)30-20-13-29-31(15-20)14-19-6-5-7-21(11-19)33-4/h5-13,15,17H,14,16H2,1-4H3,(H,30,32). The maximum Gasteiger partial charge on any atom is 0.291 e. The highest BCUT2D eigenvalue weighted by Gasteiger charge is 2.15. The molecule has 2 aromatic heterocycles. The summed E-state index contributed by atoms with van der Waals surface area (Å²) >= 11 is 6.28. The van der Waals surface area contributed by atoms with Crippen LogP contribution in [0, 0.1) is 6.92 Å². The molecule has 0 bridgehead atoms. The molecule has 0 aliphatic carbocycles. The molecule has 182 valence electrons. The molecule has 0 fully saturated rings. The van der Waals surface area contributed by atoms with Gasteiger partial charge in [0.05, 0.1) is 25.5 Å². The number of carbonyl (C=O) groups excluding carboxylic acids is 1. The fraction of sp³-hybridized carbons (Fsp3) is 0.259. The summed E-state index contributed by atoms with van der Waals surface area (Å²) in [5.41, 5.74) is 3.58. The van der Waals surface area contributed by atoms with Crippen LogP contribution in [0.4, 0.5) is 5.69 Å². The lowest BCUT2D eigenvalue weighted by Gasteiger charge is -2.15. The highest BCUT2D eigenvalue weighted by atomic mass is 35.5. The van der Waals surface area contributed by atoms with Crippen LogP contribution in [0.2, 0.25) is 5.02 Å². The maximum atomic E-state index is 12.7. The second kappa shape index (κ2) is 10.7.